The lowest BCUT2D eigenvalue weighted by Crippen LogP contribution is -2.54. The molecule has 1 N–H and O–H groups in total. The number of nitrogens with one attached hydrogen (secondary N) is 1. The summed E-state index contributed by atoms with van der Waals surface area (Å²) in [6, 6.07) is 8.19. The third-order valence-electron chi connectivity index (χ3n) is 4.81. The van der Waals surface area contributed by atoms with Gasteiger partial charge in [-0.05, 0) is 44.2 Å². The van der Waals surface area contributed by atoms with Crippen LogP contribution in [0.5, 0.6) is 0 Å². The number of hydrogen-bond acceptors (Lipinski definition) is 4. The Labute approximate surface area is 199 Å². The highest BCUT2D eigenvalue weighted by Gasteiger charge is 2.23. The zero-order valence-corrected chi connectivity index (χ0v) is 20.3. The highest BCUT2D eigenvalue weighted by Crippen LogP contribution is 2.10. The lowest BCUT2D eigenvalue weighted by molar-refractivity contribution is 0.0914. The topological polar surface area (TPSA) is 75.0 Å². The van der Waals surface area contributed by atoms with Crippen LogP contribution in [0, 0.1) is 5.82 Å². The Morgan fingerprint density at radius 3 is 2.45 bits per heavy atom. The van der Waals surface area contributed by atoms with Gasteiger partial charge in [0.25, 0.3) is 0 Å². The summed E-state index contributed by atoms with van der Waals surface area (Å²) >= 11 is 0. The van der Waals surface area contributed by atoms with Gasteiger partial charge in [0.2, 0.25) is 0 Å². The largest absolute Gasteiger partial charge is 0.450 e. The van der Waals surface area contributed by atoms with E-state index in [9.17, 15) is 9.18 Å². The summed E-state index contributed by atoms with van der Waals surface area (Å²) < 4.78 is 19.9. The average molecular weight is 544 g/mol. The molecule has 0 unspecified atom stereocenters. The van der Waals surface area contributed by atoms with E-state index in [1.54, 1.807) is 21.7 Å². The van der Waals surface area contributed by atoms with Crippen LogP contribution in [0.2, 0.25) is 0 Å². The molecule has 1 saturated heterocycles. The SMILES string of the molecule is CCNC(=NCCc1ccn(-c2ccc(F)cc2)n1)N1CCN(C(=O)OCC)CC1.I. The lowest BCUT2D eigenvalue weighted by atomic mass is 10.3. The third kappa shape index (κ3) is 7.08. The first-order valence-corrected chi connectivity index (χ1v) is 10.4. The zero-order valence-electron chi connectivity index (χ0n) is 18.0. The van der Waals surface area contributed by atoms with Gasteiger partial charge in [0.1, 0.15) is 5.82 Å². The van der Waals surface area contributed by atoms with Gasteiger partial charge in [0.05, 0.1) is 18.0 Å². The van der Waals surface area contributed by atoms with Crippen LogP contribution in [-0.4, -0.2) is 77.5 Å². The van der Waals surface area contributed by atoms with E-state index < -0.39 is 0 Å². The van der Waals surface area contributed by atoms with Crippen molar-refractivity contribution in [1.82, 2.24) is 24.9 Å². The predicted octanol–water partition coefficient (Wildman–Crippen LogP) is 2.91. The number of carbonyl (C=O) groups is 1. The van der Waals surface area contributed by atoms with Gasteiger partial charge < -0.3 is 19.9 Å². The molecule has 0 aliphatic carbocycles. The summed E-state index contributed by atoms with van der Waals surface area (Å²) in [6.07, 6.45) is 2.31. The molecular weight excluding hydrogens is 514 g/mol. The molecule has 0 atom stereocenters. The Morgan fingerprint density at radius 1 is 1.13 bits per heavy atom. The minimum Gasteiger partial charge on any atom is -0.450 e. The van der Waals surface area contributed by atoms with Crippen molar-refractivity contribution in [2.24, 2.45) is 4.99 Å². The fraction of sp³-hybridized carbons (Fsp3) is 0.476. The van der Waals surface area contributed by atoms with Crippen molar-refractivity contribution in [2.75, 3.05) is 45.9 Å². The van der Waals surface area contributed by atoms with Crippen LogP contribution in [-0.2, 0) is 11.2 Å². The number of guanidine groups is 1. The Kier molecular flexibility index (Phi) is 10.0. The molecule has 1 aromatic carbocycles. The Morgan fingerprint density at radius 2 is 1.81 bits per heavy atom. The normalized spacial score (nSPS) is 14.2. The van der Waals surface area contributed by atoms with Crippen molar-refractivity contribution in [3.05, 3.63) is 48.0 Å². The molecule has 2 aromatic rings. The van der Waals surface area contributed by atoms with E-state index in [0.717, 1.165) is 23.9 Å². The quantitative estimate of drug-likeness (QED) is 0.344. The molecule has 31 heavy (non-hydrogen) atoms. The number of rotatable bonds is 6. The monoisotopic (exact) mass is 544 g/mol. The van der Waals surface area contributed by atoms with E-state index in [0.29, 0.717) is 45.8 Å². The molecule has 2 heterocycles. The van der Waals surface area contributed by atoms with Gasteiger partial charge in [-0.3, -0.25) is 4.99 Å². The van der Waals surface area contributed by atoms with Gasteiger partial charge in [-0.15, -0.1) is 24.0 Å². The summed E-state index contributed by atoms with van der Waals surface area (Å²) in [5, 5.41) is 7.87. The molecule has 1 aliphatic heterocycles. The first-order valence-electron chi connectivity index (χ1n) is 10.4. The first-order chi connectivity index (χ1) is 14.6. The Hall–Kier alpha value is -2.37. The number of hydrogen-bond donors (Lipinski definition) is 1. The van der Waals surface area contributed by atoms with Crippen LogP contribution in [0.25, 0.3) is 5.69 Å². The second-order valence-electron chi connectivity index (χ2n) is 6.89. The van der Waals surface area contributed by atoms with Crippen molar-refractivity contribution < 1.29 is 13.9 Å². The van der Waals surface area contributed by atoms with E-state index >= 15 is 0 Å². The standard InChI is InChI=1S/C21H29FN6O2.HI/c1-3-23-20(26-13-15-27(16-14-26)21(29)30-4-2)24-11-9-18-10-12-28(25-18)19-7-5-17(22)6-8-19;/h5-8,10,12H,3-4,9,11,13-16H2,1-2H3,(H,23,24);1H. The highest BCUT2D eigenvalue weighted by molar-refractivity contribution is 14.0. The van der Waals surface area contributed by atoms with E-state index in [1.165, 1.54) is 12.1 Å². The van der Waals surface area contributed by atoms with E-state index in [1.807, 2.05) is 26.1 Å². The number of benzene rings is 1. The molecule has 0 bridgehead atoms. The molecule has 8 nitrogen and oxygen atoms in total. The number of carbonyl (C=O) groups excluding carboxylic acids is 1. The van der Waals surface area contributed by atoms with Crippen LogP contribution >= 0.6 is 24.0 Å². The number of aliphatic imine (C=N–C) groups is 1. The van der Waals surface area contributed by atoms with Gasteiger partial charge in [0.15, 0.2) is 5.96 Å². The molecular formula is C21H30FIN6O2. The minimum absolute atomic E-state index is 0. The third-order valence-corrected chi connectivity index (χ3v) is 4.81. The number of amides is 1. The van der Waals surface area contributed by atoms with Crippen molar-refractivity contribution in [2.45, 2.75) is 20.3 Å². The van der Waals surface area contributed by atoms with Crippen molar-refractivity contribution in [3.8, 4) is 5.69 Å². The smallest absolute Gasteiger partial charge is 0.409 e. The minimum atomic E-state index is -0.264. The maximum atomic E-state index is 13.1. The molecule has 0 radical (unpaired) electrons. The van der Waals surface area contributed by atoms with Crippen LogP contribution in [0.1, 0.15) is 19.5 Å². The molecule has 3 rings (SSSR count). The molecule has 0 spiro atoms. The van der Waals surface area contributed by atoms with Gasteiger partial charge >= 0.3 is 6.09 Å². The Bertz CT molecular complexity index is 850. The zero-order chi connectivity index (χ0) is 21.3. The summed E-state index contributed by atoms with van der Waals surface area (Å²) in [7, 11) is 0. The van der Waals surface area contributed by atoms with E-state index in [4.69, 9.17) is 9.73 Å². The maximum Gasteiger partial charge on any atom is 0.409 e. The first kappa shape index (κ1) is 24.9. The summed E-state index contributed by atoms with van der Waals surface area (Å²) in [6.45, 7) is 8.27. The number of halogens is 2. The number of ether oxygens (including phenoxy) is 1. The van der Waals surface area contributed by atoms with Crippen LogP contribution in [0.15, 0.2) is 41.5 Å². The Balaban J connectivity index is 0.00000341. The molecule has 10 heteroatoms. The highest BCUT2D eigenvalue weighted by atomic mass is 127. The second-order valence-corrected chi connectivity index (χ2v) is 6.89. The van der Waals surface area contributed by atoms with Crippen LogP contribution in [0.4, 0.5) is 9.18 Å². The summed E-state index contributed by atoms with van der Waals surface area (Å²) in [5.74, 6) is 0.582. The number of nitrogens with zero attached hydrogens (tertiary/aromatic N) is 5. The molecule has 0 saturated carbocycles. The molecule has 170 valence electrons. The molecule has 1 aliphatic rings. The van der Waals surface area contributed by atoms with Crippen molar-refractivity contribution >= 4 is 36.0 Å². The predicted molar refractivity (Wildman–Crippen MR) is 129 cm³/mol. The van der Waals surface area contributed by atoms with Gasteiger partial charge in [-0.1, -0.05) is 0 Å². The lowest BCUT2D eigenvalue weighted by Gasteiger charge is -2.35. The van der Waals surface area contributed by atoms with E-state index in [2.05, 4.69) is 15.3 Å². The summed E-state index contributed by atoms with van der Waals surface area (Å²) in [4.78, 5) is 20.5. The maximum absolute atomic E-state index is 13.1. The van der Waals surface area contributed by atoms with E-state index in [-0.39, 0.29) is 35.9 Å². The number of aromatic nitrogens is 2. The fourth-order valence-electron chi connectivity index (χ4n) is 3.25. The van der Waals surface area contributed by atoms with Crippen molar-refractivity contribution in [1.29, 1.82) is 0 Å². The molecule has 1 fully saturated rings. The molecule has 1 amide bonds. The second kappa shape index (κ2) is 12.5. The summed E-state index contributed by atoms with van der Waals surface area (Å²) in [5.41, 5.74) is 1.74. The van der Waals surface area contributed by atoms with Gasteiger partial charge in [-0.25, -0.2) is 13.9 Å². The van der Waals surface area contributed by atoms with Crippen LogP contribution in [0.3, 0.4) is 0 Å². The average Bonchev–Trinajstić information content (AvgIpc) is 3.23. The van der Waals surface area contributed by atoms with Gasteiger partial charge in [0, 0.05) is 51.9 Å². The number of piperazine rings is 1. The fourth-order valence-corrected chi connectivity index (χ4v) is 3.25. The van der Waals surface area contributed by atoms with Crippen LogP contribution < -0.4 is 5.32 Å². The van der Waals surface area contributed by atoms with Crippen molar-refractivity contribution in [3.63, 3.8) is 0 Å². The van der Waals surface area contributed by atoms with Gasteiger partial charge in [-0.2, -0.15) is 5.10 Å². The molecule has 1 aromatic heterocycles.